The molecule has 3 aromatic rings. The van der Waals surface area contributed by atoms with Gasteiger partial charge in [0, 0.05) is 36.8 Å². The molecule has 0 radical (unpaired) electrons. The molecule has 12 heteroatoms. The van der Waals surface area contributed by atoms with Gasteiger partial charge in [-0.3, -0.25) is 9.36 Å². The van der Waals surface area contributed by atoms with Crippen LogP contribution < -0.4 is 11.1 Å². The van der Waals surface area contributed by atoms with Gasteiger partial charge in [-0.25, -0.2) is 14.8 Å². The summed E-state index contributed by atoms with van der Waals surface area (Å²) in [6.07, 6.45) is 5.57. The number of urea groups is 1. The molecule has 1 saturated carbocycles. The molecule has 10 nitrogen and oxygen atoms in total. The lowest BCUT2D eigenvalue weighted by Crippen LogP contribution is -2.45. The van der Waals surface area contributed by atoms with Crippen LogP contribution in [0.2, 0.25) is 10.0 Å². The number of carbonyl (C=O) groups is 2. The quantitative estimate of drug-likeness (QED) is 0.506. The number of imidazole rings is 1. The van der Waals surface area contributed by atoms with Crippen molar-refractivity contribution in [2.45, 2.75) is 44.8 Å². The highest BCUT2D eigenvalue weighted by atomic mass is 35.5. The molecule has 0 bridgehead atoms. The molecule has 192 valence electrons. The number of fused-ring (bicyclic) bond motifs is 1. The molecule has 3 amide bonds. The van der Waals surface area contributed by atoms with Crippen LogP contribution in [0.4, 0.5) is 10.7 Å². The highest BCUT2D eigenvalue weighted by Crippen LogP contribution is 2.35. The summed E-state index contributed by atoms with van der Waals surface area (Å²) in [6.45, 7) is 2.08. The van der Waals surface area contributed by atoms with Crippen LogP contribution in [0.3, 0.4) is 0 Å². The van der Waals surface area contributed by atoms with E-state index in [4.69, 9.17) is 38.9 Å². The monoisotopic (exact) mass is 540 g/mol. The van der Waals surface area contributed by atoms with Crippen molar-refractivity contribution in [2.24, 2.45) is 11.7 Å². The summed E-state index contributed by atoms with van der Waals surface area (Å²) in [6, 6.07) is 6.70. The number of anilines is 1. The Bertz CT molecular complexity index is 1390. The number of primary amides is 1. The van der Waals surface area contributed by atoms with Gasteiger partial charge in [-0.15, -0.1) is 0 Å². The smallest absolute Gasteiger partial charge is 0.315 e. The number of halogens is 2. The van der Waals surface area contributed by atoms with E-state index >= 15 is 0 Å². The maximum atomic E-state index is 12.6. The number of nitrogens with zero attached hydrogens (tertiary/aromatic N) is 6. The van der Waals surface area contributed by atoms with Crippen LogP contribution in [0.5, 0.6) is 0 Å². The molecule has 1 aromatic carbocycles. The molecule has 37 heavy (non-hydrogen) atoms. The van der Waals surface area contributed by atoms with Crippen molar-refractivity contribution < 1.29 is 9.59 Å². The molecule has 1 atom stereocenters. The van der Waals surface area contributed by atoms with E-state index in [-0.39, 0.29) is 17.9 Å². The molecular weight excluding hydrogens is 515 g/mol. The number of nitrogens with two attached hydrogens (primary N) is 1. The molecule has 2 aliphatic heterocycles. The molecule has 3 aliphatic rings. The number of likely N-dealkylation sites (tertiary alicyclic amines) is 1. The lowest BCUT2D eigenvalue weighted by atomic mass is 10.1. The maximum absolute atomic E-state index is 12.6. The van der Waals surface area contributed by atoms with Crippen molar-refractivity contribution in [3.8, 4) is 17.2 Å². The molecule has 1 aliphatic carbocycles. The van der Waals surface area contributed by atoms with E-state index in [0.717, 1.165) is 49.2 Å². The Kier molecular flexibility index (Phi) is 6.16. The molecule has 0 spiro atoms. The van der Waals surface area contributed by atoms with Gasteiger partial charge < -0.3 is 20.9 Å². The summed E-state index contributed by atoms with van der Waals surface area (Å²) in [5, 5.41) is 4.29. The minimum atomic E-state index is -0.506. The van der Waals surface area contributed by atoms with Gasteiger partial charge in [0.05, 0.1) is 34.5 Å². The Labute approximate surface area is 223 Å². The zero-order valence-electron chi connectivity index (χ0n) is 20.0. The highest BCUT2D eigenvalue weighted by Gasteiger charge is 2.35. The molecular formula is C25H26Cl2N8O2. The fraction of sp³-hybridized carbons (Fsp3) is 0.400. The minimum absolute atomic E-state index is 0.0695. The van der Waals surface area contributed by atoms with Crippen LogP contribution in [0.25, 0.3) is 17.2 Å². The first-order valence-electron chi connectivity index (χ1n) is 12.4. The first kappa shape index (κ1) is 24.0. The van der Waals surface area contributed by atoms with E-state index in [9.17, 15) is 9.59 Å². The molecule has 4 heterocycles. The third-order valence-electron chi connectivity index (χ3n) is 7.09. The topological polar surface area (TPSA) is 122 Å². The number of rotatable bonds is 5. The van der Waals surface area contributed by atoms with Gasteiger partial charge in [-0.2, -0.15) is 4.98 Å². The Morgan fingerprint density at radius 3 is 2.62 bits per heavy atom. The molecule has 1 unspecified atom stereocenters. The van der Waals surface area contributed by atoms with Gasteiger partial charge in [-0.1, -0.05) is 23.2 Å². The average molecular weight is 541 g/mol. The van der Waals surface area contributed by atoms with E-state index in [1.807, 2.05) is 15.5 Å². The van der Waals surface area contributed by atoms with Crippen molar-refractivity contribution in [3.63, 3.8) is 0 Å². The molecule has 3 N–H and O–H groups in total. The summed E-state index contributed by atoms with van der Waals surface area (Å²) >= 11 is 12.5. The molecule has 6 rings (SSSR count). The number of piperidine rings is 1. The maximum Gasteiger partial charge on any atom is 0.315 e. The molecule has 2 fully saturated rings. The third-order valence-corrected chi connectivity index (χ3v) is 7.83. The zero-order chi connectivity index (χ0) is 25.7. The van der Waals surface area contributed by atoms with Crippen LogP contribution in [0.1, 0.15) is 37.1 Å². The number of hydrogen-bond acceptors (Lipinski definition) is 6. The van der Waals surface area contributed by atoms with Gasteiger partial charge in [0.1, 0.15) is 11.6 Å². The molecule has 1 saturated heterocycles. The van der Waals surface area contributed by atoms with Crippen LogP contribution in [0, 0.1) is 5.92 Å². The zero-order valence-corrected chi connectivity index (χ0v) is 21.5. The predicted molar refractivity (Wildman–Crippen MR) is 139 cm³/mol. The third kappa shape index (κ3) is 4.71. The summed E-state index contributed by atoms with van der Waals surface area (Å²) in [5.41, 5.74) is 7.88. The van der Waals surface area contributed by atoms with E-state index in [1.54, 1.807) is 24.4 Å². The standard InChI is InChI=1S/C25H26Cl2N8O2/c26-17-6-5-15(10-18(17)27)22-31-19-12-34(24(28)37)13-20(19)35(22)21-7-8-29-25(32-21)30-16-2-1-9-33(11-16)23(36)14-3-4-14/h5-8,10,14,16H,1-4,9,11-13H2,(H2,28,37)(H,29,30,32). The first-order valence-corrected chi connectivity index (χ1v) is 13.1. The van der Waals surface area contributed by atoms with E-state index in [1.165, 1.54) is 4.90 Å². The van der Waals surface area contributed by atoms with Gasteiger partial charge in [0.2, 0.25) is 11.9 Å². The van der Waals surface area contributed by atoms with E-state index in [0.29, 0.717) is 47.3 Å². The average Bonchev–Trinajstić information content (AvgIpc) is 3.55. The number of hydrogen-bond donors (Lipinski definition) is 2. The Balaban J connectivity index is 1.32. The van der Waals surface area contributed by atoms with E-state index < -0.39 is 6.03 Å². The van der Waals surface area contributed by atoms with Crippen molar-refractivity contribution in [1.29, 1.82) is 0 Å². The highest BCUT2D eigenvalue weighted by molar-refractivity contribution is 6.42. The van der Waals surface area contributed by atoms with Gasteiger partial charge in [0.15, 0.2) is 0 Å². The van der Waals surface area contributed by atoms with Gasteiger partial charge >= 0.3 is 6.03 Å². The Morgan fingerprint density at radius 2 is 1.86 bits per heavy atom. The van der Waals surface area contributed by atoms with Crippen LogP contribution >= 0.6 is 23.2 Å². The minimum Gasteiger partial charge on any atom is -0.351 e. The van der Waals surface area contributed by atoms with Gasteiger partial charge in [0.25, 0.3) is 0 Å². The predicted octanol–water partition coefficient (Wildman–Crippen LogP) is 3.84. The number of carbonyl (C=O) groups excluding carboxylic acids is 2. The first-order chi connectivity index (χ1) is 17.9. The second-order valence-corrected chi connectivity index (χ2v) is 10.6. The second kappa shape index (κ2) is 9.50. The van der Waals surface area contributed by atoms with Crippen LogP contribution in [-0.2, 0) is 17.9 Å². The second-order valence-electron chi connectivity index (χ2n) is 9.77. The largest absolute Gasteiger partial charge is 0.351 e. The lowest BCUT2D eigenvalue weighted by molar-refractivity contribution is -0.133. The fourth-order valence-corrected chi connectivity index (χ4v) is 5.34. The summed E-state index contributed by atoms with van der Waals surface area (Å²) < 4.78 is 1.91. The van der Waals surface area contributed by atoms with Gasteiger partial charge in [-0.05, 0) is 49.9 Å². The van der Waals surface area contributed by atoms with Crippen molar-refractivity contribution in [1.82, 2.24) is 29.3 Å². The number of aromatic nitrogens is 4. The number of benzene rings is 1. The number of amides is 3. The lowest BCUT2D eigenvalue weighted by Gasteiger charge is -2.33. The Hall–Kier alpha value is -3.37. The Morgan fingerprint density at radius 1 is 1.03 bits per heavy atom. The summed E-state index contributed by atoms with van der Waals surface area (Å²) in [5.74, 6) is 2.17. The van der Waals surface area contributed by atoms with E-state index in [2.05, 4.69) is 10.3 Å². The SMILES string of the molecule is NC(=O)N1Cc2nc(-c3ccc(Cl)c(Cl)c3)n(-c3ccnc(NC4CCCN(C(=O)C5CC5)C4)n3)c2C1. The van der Waals surface area contributed by atoms with Crippen LogP contribution in [-0.4, -0.2) is 60.4 Å². The summed E-state index contributed by atoms with van der Waals surface area (Å²) in [7, 11) is 0. The molecule has 2 aromatic heterocycles. The van der Waals surface area contributed by atoms with Crippen molar-refractivity contribution in [3.05, 3.63) is 51.9 Å². The van der Waals surface area contributed by atoms with Crippen LogP contribution in [0.15, 0.2) is 30.5 Å². The summed E-state index contributed by atoms with van der Waals surface area (Å²) in [4.78, 5) is 42.0. The fourth-order valence-electron chi connectivity index (χ4n) is 5.05. The normalized spacial score (nSPS) is 19.1. The van der Waals surface area contributed by atoms with Crippen molar-refractivity contribution >= 4 is 41.1 Å². The van der Waals surface area contributed by atoms with Crippen molar-refractivity contribution in [2.75, 3.05) is 18.4 Å². The number of nitrogens with one attached hydrogen (secondary N) is 1.